The highest BCUT2D eigenvalue weighted by molar-refractivity contribution is 7.91. The lowest BCUT2D eigenvalue weighted by Crippen LogP contribution is -2.15. The van der Waals surface area contributed by atoms with Gasteiger partial charge in [0.25, 0.3) is 0 Å². The summed E-state index contributed by atoms with van der Waals surface area (Å²) in [6.07, 6.45) is 0.403. The van der Waals surface area contributed by atoms with Gasteiger partial charge in [0.1, 0.15) is 21.4 Å². The Hall–Kier alpha value is -1.14. The van der Waals surface area contributed by atoms with E-state index in [1.165, 1.54) is 12.1 Å². The normalized spacial score (nSPS) is 13.2. The quantitative estimate of drug-likeness (QED) is 0.749. The first-order valence-electron chi connectivity index (χ1n) is 6.69. The topological polar surface area (TPSA) is 55.4 Å². The molecule has 0 radical (unpaired) electrons. The molecule has 0 bridgehead atoms. The molecule has 0 aliphatic carbocycles. The summed E-state index contributed by atoms with van der Waals surface area (Å²) in [4.78, 5) is 0. The third-order valence-electron chi connectivity index (χ3n) is 3.17. The van der Waals surface area contributed by atoms with Crippen LogP contribution in [0.15, 0.2) is 18.2 Å². The second-order valence-corrected chi connectivity index (χ2v) is 7.10. The summed E-state index contributed by atoms with van der Waals surface area (Å²) >= 11 is 0. The summed E-state index contributed by atoms with van der Waals surface area (Å²) in [5.74, 6) is 0.319. The minimum absolute atomic E-state index is 0.0324. The van der Waals surface area contributed by atoms with Crippen LogP contribution in [-0.2, 0) is 9.84 Å². The third-order valence-corrected chi connectivity index (χ3v) is 4.96. The second kappa shape index (κ2) is 7.59. The molecule has 0 amide bonds. The van der Waals surface area contributed by atoms with Gasteiger partial charge in [-0.05, 0) is 26.5 Å². The third kappa shape index (κ3) is 5.09. The van der Waals surface area contributed by atoms with E-state index in [2.05, 4.69) is 5.32 Å². The van der Waals surface area contributed by atoms with E-state index in [4.69, 9.17) is 4.74 Å². The largest absolute Gasteiger partial charge is 0.493 e. The Kier molecular flexibility index (Phi) is 6.42. The Labute approximate surface area is 120 Å². The Morgan fingerprint density at radius 3 is 2.70 bits per heavy atom. The lowest BCUT2D eigenvalue weighted by Gasteiger charge is -2.16. The van der Waals surface area contributed by atoms with E-state index < -0.39 is 9.84 Å². The van der Waals surface area contributed by atoms with Gasteiger partial charge in [0.05, 0.1) is 12.4 Å². The zero-order valence-corrected chi connectivity index (χ0v) is 13.0. The highest BCUT2D eigenvalue weighted by Gasteiger charge is 2.12. The molecule has 20 heavy (non-hydrogen) atoms. The molecule has 6 heteroatoms. The minimum Gasteiger partial charge on any atom is -0.493 e. The molecule has 1 N–H and O–H groups in total. The van der Waals surface area contributed by atoms with Gasteiger partial charge in [-0.3, -0.25) is 0 Å². The summed E-state index contributed by atoms with van der Waals surface area (Å²) < 4.78 is 41.5. The molecule has 0 spiro atoms. The average Bonchev–Trinajstić information content (AvgIpc) is 2.43. The van der Waals surface area contributed by atoms with Crippen LogP contribution in [0, 0.1) is 5.82 Å². The molecular weight excluding hydrogens is 281 g/mol. The minimum atomic E-state index is -2.98. The van der Waals surface area contributed by atoms with Crippen LogP contribution in [0.1, 0.15) is 31.9 Å². The van der Waals surface area contributed by atoms with Crippen LogP contribution in [-0.4, -0.2) is 33.6 Å². The molecule has 0 fully saturated rings. The van der Waals surface area contributed by atoms with Gasteiger partial charge in [-0.2, -0.15) is 0 Å². The van der Waals surface area contributed by atoms with Gasteiger partial charge in [0.2, 0.25) is 0 Å². The predicted molar refractivity (Wildman–Crippen MR) is 78.3 cm³/mol. The van der Waals surface area contributed by atoms with E-state index in [1.807, 2.05) is 14.0 Å². The summed E-state index contributed by atoms with van der Waals surface area (Å²) in [7, 11) is -1.17. The highest BCUT2D eigenvalue weighted by Crippen LogP contribution is 2.26. The van der Waals surface area contributed by atoms with Crippen LogP contribution in [0.4, 0.5) is 4.39 Å². The molecule has 0 aromatic heterocycles. The average molecular weight is 303 g/mol. The zero-order valence-electron chi connectivity index (χ0n) is 12.1. The van der Waals surface area contributed by atoms with Gasteiger partial charge >= 0.3 is 0 Å². The summed E-state index contributed by atoms with van der Waals surface area (Å²) in [5, 5.41) is 3.07. The summed E-state index contributed by atoms with van der Waals surface area (Å²) in [5.41, 5.74) is 0.854. The summed E-state index contributed by atoms with van der Waals surface area (Å²) in [6, 6.07) is 4.42. The van der Waals surface area contributed by atoms with E-state index in [0.29, 0.717) is 12.2 Å². The Bertz CT molecular complexity index is 531. The van der Waals surface area contributed by atoms with Crippen molar-refractivity contribution < 1.29 is 17.5 Å². The van der Waals surface area contributed by atoms with Gasteiger partial charge in [-0.25, -0.2) is 12.8 Å². The Morgan fingerprint density at radius 2 is 2.10 bits per heavy atom. The number of benzene rings is 1. The SMILES string of the molecule is CCS(=O)(=O)CCCOc1cc(F)ccc1C(C)NC. The number of hydrogen-bond acceptors (Lipinski definition) is 4. The van der Waals surface area contributed by atoms with Crippen molar-refractivity contribution in [1.82, 2.24) is 5.32 Å². The number of nitrogens with one attached hydrogen (secondary N) is 1. The fourth-order valence-corrected chi connectivity index (χ4v) is 2.60. The monoisotopic (exact) mass is 303 g/mol. The molecule has 0 saturated heterocycles. The molecule has 1 aromatic carbocycles. The van der Waals surface area contributed by atoms with Crippen LogP contribution in [0.25, 0.3) is 0 Å². The fourth-order valence-electron chi connectivity index (χ4n) is 1.75. The predicted octanol–water partition coefficient (Wildman–Crippen LogP) is 2.31. The maximum Gasteiger partial charge on any atom is 0.150 e. The maximum absolute atomic E-state index is 13.3. The van der Waals surface area contributed by atoms with Gasteiger partial charge in [0.15, 0.2) is 0 Å². The van der Waals surface area contributed by atoms with E-state index >= 15 is 0 Å². The molecule has 1 rings (SSSR count). The number of sulfone groups is 1. The first-order valence-corrected chi connectivity index (χ1v) is 8.51. The molecule has 4 nitrogen and oxygen atoms in total. The van der Waals surface area contributed by atoms with Crippen molar-refractivity contribution in [2.75, 3.05) is 25.2 Å². The van der Waals surface area contributed by atoms with Crippen molar-refractivity contribution in [2.45, 2.75) is 26.3 Å². The first-order chi connectivity index (χ1) is 9.39. The van der Waals surface area contributed by atoms with Crippen molar-refractivity contribution in [3.05, 3.63) is 29.6 Å². The smallest absolute Gasteiger partial charge is 0.150 e. The lowest BCUT2D eigenvalue weighted by atomic mass is 10.1. The molecule has 1 aromatic rings. The zero-order chi connectivity index (χ0) is 15.2. The van der Waals surface area contributed by atoms with E-state index in [-0.39, 0.29) is 30.0 Å². The van der Waals surface area contributed by atoms with Crippen molar-refractivity contribution >= 4 is 9.84 Å². The summed E-state index contributed by atoms with van der Waals surface area (Å²) in [6.45, 7) is 3.82. The Balaban J connectivity index is 2.65. The molecule has 114 valence electrons. The van der Waals surface area contributed by atoms with Crippen LogP contribution in [0.2, 0.25) is 0 Å². The molecule has 1 atom stereocenters. The maximum atomic E-state index is 13.3. The van der Waals surface area contributed by atoms with Gasteiger partial charge in [0, 0.05) is 23.4 Å². The first kappa shape index (κ1) is 16.9. The standard InChI is InChI=1S/C14H22FNO3S/c1-4-20(17,18)9-5-8-19-14-10-12(15)6-7-13(14)11(2)16-3/h6-7,10-11,16H,4-5,8-9H2,1-3H3. The van der Waals surface area contributed by atoms with Crippen LogP contribution < -0.4 is 10.1 Å². The number of ether oxygens (including phenoxy) is 1. The fraction of sp³-hybridized carbons (Fsp3) is 0.571. The lowest BCUT2D eigenvalue weighted by molar-refractivity contribution is 0.310. The molecular formula is C14H22FNO3S. The van der Waals surface area contributed by atoms with E-state index in [0.717, 1.165) is 5.56 Å². The molecule has 0 saturated carbocycles. The van der Waals surface area contributed by atoms with Crippen molar-refractivity contribution in [3.8, 4) is 5.75 Å². The van der Waals surface area contributed by atoms with Crippen LogP contribution >= 0.6 is 0 Å². The van der Waals surface area contributed by atoms with Crippen LogP contribution in [0.3, 0.4) is 0 Å². The van der Waals surface area contributed by atoms with Crippen molar-refractivity contribution in [2.24, 2.45) is 0 Å². The van der Waals surface area contributed by atoms with E-state index in [1.54, 1.807) is 13.0 Å². The molecule has 0 aliphatic heterocycles. The number of rotatable bonds is 8. The van der Waals surface area contributed by atoms with Crippen LogP contribution in [0.5, 0.6) is 5.75 Å². The second-order valence-electron chi connectivity index (χ2n) is 4.63. The molecule has 0 aliphatic rings. The van der Waals surface area contributed by atoms with Gasteiger partial charge in [-0.15, -0.1) is 0 Å². The van der Waals surface area contributed by atoms with Crippen molar-refractivity contribution in [3.63, 3.8) is 0 Å². The number of halogens is 1. The Morgan fingerprint density at radius 1 is 1.40 bits per heavy atom. The highest BCUT2D eigenvalue weighted by atomic mass is 32.2. The molecule has 0 heterocycles. The van der Waals surface area contributed by atoms with E-state index in [9.17, 15) is 12.8 Å². The van der Waals surface area contributed by atoms with Crippen molar-refractivity contribution in [1.29, 1.82) is 0 Å². The van der Waals surface area contributed by atoms with Gasteiger partial charge in [-0.1, -0.05) is 13.0 Å². The molecule has 1 unspecified atom stereocenters. The number of hydrogen-bond donors (Lipinski definition) is 1. The van der Waals surface area contributed by atoms with Gasteiger partial charge < -0.3 is 10.1 Å².